The minimum Gasteiger partial charge on any atom is -0.320 e. The van der Waals surface area contributed by atoms with Crippen molar-refractivity contribution >= 4 is 10.0 Å². The summed E-state index contributed by atoms with van der Waals surface area (Å²) in [6.07, 6.45) is 0. The van der Waals surface area contributed by atoms with Crippen LogP contribution in [-0.4, -0.2) is 32.4 Å². The second-order valence-electron chi connectivity index (χ2n) is 5.04. The van der Waals surface area contributed by atoms with Crippen LogP contribution in [0.3, 0.4) is 0 Å². The van der Waals surface area contributed by atoms with Crippen molar-refractivity contribution in [1.29, 1.82) is 0 Å². The topological polar surface area (TPSA) is 63.4 Å². The summed E-state index contributed by atoms with van der Waals surface area (Å²) in [5, 5.41) is 0. The summed E-state index contributed by atoms with van der Waals surface area (Å²) in [7, 11) is -1.85. The Labute approximate surface area is 122 Å². The van der Waals surface area contributed by atoms with Gasteiger partial charge in [0.1, 0.15) is 0 Å². The first-order chi connectivity index (χ1) is 9.30. The highest BCUT2D eigenvalue weighted by Gasteiger charge is 2.26. The standard InChI is InChI=1S/C15H22N2O2S/c1-12(2)13(3)17(4)20(18,19)15-9-7-14(8-10-15)6-5-11-16/h7-10,12-13H,11,16H2,1-4H3. The van der Waals surface area contributed by atoms with E-state index in [1.807, 2.05) is 20.8 Å². The summed E-state index contributed by atoms with van der Waals surface area (Å²) < 4.78 is 26.4. The van der Waals surface area contributed by atoms with Gasteiger partial charge in [-0.05, 0) is 37.1 Å². The zero-order valence-corrected chi connectivity index (χ0v) is 13.2. The predicted octanol–water partition coefficient (Wildman–Crippen LogP) is 1.66. The van der Waals surface area contributed by atoms with Crippen LogP contribution < -0.4 is 5.73 Å². The smallest absolute Gasteiger partial charge is 0.243 e. The van der Waals surface area contributed by atoms with Crippen molar-refractivity contribution in [2.45, 2.75) is 31.7 Å². The van der Waals surface area contributed by atoms with Crippen molar-refractivity contribution in [1.82, 2.24) is 4.31 Å². The van der Waals surface area contributed by atoms with Gasteiger partial charge < -0.3 is 5.73 Å². The normalized spacial score (nSPS) is 13.2. The Morgan fingerprint density at radius 1 is 1.20 bits per heavy atom. The molecule has 1 unspecified atom stereocenters. The molecule has 4 nitrogen and oxygen atoms in total. The maximum Gasteiger partial charge on any atom is 0.243 e. The van der Waals surface area contributed by atoms with Crippen molar-refractivity contribution < 1.29 is 8.42 Å². The minimum atomic E-state index is -3.46. The maximum absolute atomic E-state index is 12.5. The van der Waals surface area contributed by atoms with Crippen molar-refractivity contribution in [3.05, 3.63) is 29.8 Å². The quantitative estimate of drug-likeness (QED) is 0.859. The van der Waals surface area contributed by atoms with Gasteiger partial charge in [0.2, 0.25) is 10.0 Å². The van der Waals surface area contributed by atoms with E-state index in [4.69, 9.17) is 5.73 Å². The van der Waals surface area contributed by atoms with Crippen LogP contribution in [0.1, 0.15) is 26.3 Å². The molecular formula is C15H22N2O2S. The molecule has 1 rings (SSSR count). The molecule has 0 fully saturated rings. The van der Waals surface area contributed by atoms with Gasteiger partial charge in [0, 0.05) is 18.7 Å². The van der Waals surface area contributed by atoms with Crippen molar-refractivity contribution in [2.75, 3.05) is 13.6 Å². The van der Waals surface area contributed by atoms with E-state index in [0.717, 1.165) is 5.56 Å². The third-order valence-electron chi connectivity index (χ3n) is 3.40. The van der Waals surface area contributed by atoms with Gasteiger partial charge in [-0.1, -0.05) is 25.7 Å². The van der Waals surface area contributed by atoms with E-state index in [2.05, 4.69) is 11.8 Å². The van der Waals surface area contributed by atoms with Crippen LogP contribution in [0.2, 0.25) is 0 Å². The Morgan fingerprint density at radius 3 is 2.20 bits per heavy atom. The average molecular weight is 294 g/mol. The fraction of sp³-hybridized carbons (Fsp3) is 0.467. The molecule has 0 aliphatic rings. The molecule has 5 heteroatoms. The first kappa shape index (κ1) is 16.7. The molecule has 0 saturated carbocycles. The Bertz CT molecular complexity index is 595. The summed E-state index contributed by atoms with van der Waals surface area (Å²) in [6, 6.07) is 6.50. The molecule has 0 aliphatic heterocycles. The van der Waals surface area contributed by atoms with Crippen molar-refractivity contribution in [3.8, 4) is 11.8 Å². The van der Waals surface area contributed by atoms with E-state index in [9.17, 15) is 8.42 Å². The minimum absolute atomic E-state index is 0.0586. The lowest BCUT2D eigenvalue weighted by atomic mass is 10.1. The number of sulfonamides is 1. The highest BCUT2D eigenvalue weighted by Crippen LogP contribution is 2.20. The first-order valence-electron chi connectivity index (χ1n) is 6.57. The number of nitrogens with zero attached hydrogens (tertiary/aromatic N) is 1. The highest BCUT2D eigenvalue weighted by atomic mass is 32.2. The van der Waals surface area contributed by atoms with Gasteiger partial charge in [-0.25, -0.2) is 8.42 Å². The number of hydrogen-bond acceptors (Lipinski definition) is 3. The van der Waals surface area contributed by atoms with E-state index < -0.39 is 10.0 Å². The number of nitrogens with two attached hydrogens (primary N) is 1. The van der Waals surface area contributed by atoms with Crippen LogP contribution >= 0.6 is 0 Å². The second-order valence-corrected chi connectivity index (χ2v) is 7.03. The van der Waals surface area contributed by atoms with Gasteiger partial charge in [0.15, 0.2) is 0 Å². The van der Waals surface area contributed by atoms with Crippen LogP contribution in [0.4, 0.5) is 0 Å². The van der Waals surface area contributed by atoms with Crippen LogP contribution in [0.5, 0.6) is 0 Å². The Kier molecular flexibility index (Phi) is 5.75. The monoisotopic (exact) mass is 294 g/mol. The van der Waals surface area contributed by atoms with Gasteiger partial charge in [0.05, 0.1) is 11.4 Å². The fourth-order valence-corrected chi connectivity index (χ4v) is 3.16. The second kappa shape index (κ2) is 6.89. The molecule has 110 valence electrons. The number of benzene rings is 1. The van der Waals surface area contributed by atoms with Crippen LogP contribution in [0, 0.1) is 17.8 Å². The third-order valence-corrected chi connectivity index (χ3v) is 5.36. The van der Waals surface area contributed by atoms with Crippen LogP contribution in [0.25, 0.3) is 0 Å². The molecule has 2 N–H and O–H groups in total. The molecule has 0 radical (unpaired) electrons. The first-order valence-corrected chi connectivity index (χ1v) is 8.01. The number of hydrogen-bond donors (Lipinski definition) is 1. The van der Waals surface area contributed by atoms with Crippen LogP contribution in [-0.2, 0) is 10.0 Å². The van der Waals surface area contributed by atoms with E-state index in [-0.39, 0.29) is 23.4 Å². The van der Waals surface area contributed by atoms with Gasteiger partial charge in [0.25, 0.3) is 0 Å². The maximum atomic E-state index is 12.5. The third kappa shape index (κ3) is 3.83. The van der Waals surface area contributed by atoms with E-state index in [0.29, 0.717) is 0 Å². The molecule has 0 spiro atoms. The molecular weight excluding hydrogens is 272 g/mol. The molecule has 0 heterocycles. The van der Waals surface area contributed by atoms with Gasteiger partial charge in [-0.15, -0.1) is 0 Å². The zero-order chi connectivity index (χ0) is 15.3. The molecule has 1 atom stereocenters. The Balaban J connectivity index is 3.04. The summed E-state index contributed by atoms with van der Waals surface area (Å²) in [4.78, 5) is 0.283. The van der Waals surface area contributed by atoms with E-state index in [1.165, 1.54) is 4.31 Å². The summed E-state index contributed by atoms with van der Waals surface area (Å²) in [5.74, 6) is 5.86. The van der Waals surface area contributed by atoms with Crippen molar-refractivity contribution in [2.24, 2.45) is 11.7 Å². The largest absolute Gasteiger partial charge is 0.320 e. The molecule has 1 aromatic carbocycles. The molecule has 0 amide bonds. The summed E-state index contributed by atoms with van der Waals surface area (Å²) in [5.41, 5.74) is 6.06. The average Bonchev–Trinajstić information content (AvgIpc) is 2.43. The predicted molar refractivity (Wildman–Crippen MR) is 81.6 cm³/mol. The molecule has 0 bridgehead atoms. The van der Waals surface area contributed by atoms with Crippen LogP contribution in [0.15, 0.2) is 29.2 Å². The lowest BCUT2D eigenvalue weighted by Crippen LogP contribution is -2.38. The zero-order valence-electron chi connectivity index (χ0n) is 12.4. The highest BCUT2D eigenvalue weighted by molar-refractivity contribution is 7.89. The molecule has 1 aromatic rings. The summed E-state index contributed by atoms with van der Waals surface area (Å²) in [6.45, 7) is 6.20. The Morgan fingerprint density at radius 2 is 1.75 bits per heavy atom. The lowest BCUT2D eigenvalue weighted by molar-refractivity contribution is 0.316. The lowest BCUT2D eigenvalue weighted by Gasteiger charge is -2.27. The molecule has 0 aliphatic carbocycles. The Hall–Kier alpha value is -1.35. The van der Waals surface area contributed by atoms with E-state index in [1.54, 1.807) is 31.3 Å². The van der Waals surface area contributed by atoms with Gasteiger partial charge in [-0.3, -0.25) is 0 Å². The summed E-state index contributed by atoms with van der Waals surface area (Å²) >= 11 is 0. The SMILES string of the molecule is CC(C)C(C)N(C)S(=O)(=O)c1ccc(C#CCN)cc1. The number of rotatable bonds is 4. The van der Waals surface area contributed by atoms with Crippen molar-refractivity contribution in [3.63, 3.8) is 0 Å². The molecule has 0 aromatic heterocycles. The van der Waals surface area contributed by atoms with E-state index >= 15 is 0 Å². The van der Waals surface area contributed by atoms with Gasteiger partial charge in [-0.2, -0.15) is 4.31 Å². The fourth-order valence-electron chi connectivity index (χ4n) is 1.67. The molecule has 0 saturated heterocycles. The molecule has 20 heavy (non-hydrogen) atoms. The van der Waals surface area contributed by atoms with Gasteiger partial charge >= 0.3 is 0 Å².